The number of fused-ring (bicyclic) bond motifs is 1. The minimum atomic E-state index is -0.441. The highest BCUT2D eigenvalue weighted by Crippen LogP contribution is 2.42. The average Bonchev–Trinajstić information content (AvgIpc) is 3.64. The second kappa shape index (κ2) is 18.7. The molecule has 12 nitrogen and oxygen atoms in total. The number of rotatable bonds is 14. The van der Waals surface area contributed by atoms with Crippen molar-refractivity contribution < 1.29 is 33.3 Å². The molecule has 1 saturated heterocycles. The van der Waals surface area contributed by atoms with Crippen molar-refractivity contribution in [2.75, 3.05) is 76.4 Å². The van der Waals surface area contributed by atoms with Gasteiger partial charge >= 0.3 is 12.1 Å². The largest absolute Gasteiger partial charge is 0.490 e. The van der Waals surface area contributed by atoms with Crippen molar-refractivity contribution in [2.45, 2.75) is 24.8 Å². The van der Waals surface area contributed by atoms with Gasteiger partial charge in [-0.05, 0) is 48.9 Å². The second-order valence-electron chi connectivity index (χ2n) is 12.4. The lowest BCUT2D eigenvalue weighted by molar-refractivity contribution is -0.144. The van der Waals surface area contributed by atoms with Gasteiger partial charge in [0.25, 0.3) is 5.91 Å². The number of ether oxygens (including phenoxy) is 4. The minimum absolute atomic E-state index is 0.0747. The van der Waals surface area contributed by atoms with Gasteiger partial charge in [0, 0.05) is 81.9 Å². The van der Waals surface area contributed by atoms with Crippen molar-refractivity contribution in [1.29, 1.82) is 0 Å². The first-order valence-electron chi connectivity index (χ1n) is 17.4. The lowest BCUT2D eigenvalue weighted by atomic mass is 10.1. The summed E-state index contributed by atoms with van der Waals surface area (Å²) >= 11 is 14.4. The molecule has 4 aromatic rings. The molecule has 0 aliphatic carbocycles. The van der Waals surface area contributed by atoms with Crippen LogP contribution in [0.5, 0.6) is 5.75 Å². The number of esters is 1. The van der Waals surface area contributed by atoms with Gasteiger partial charge in [-0.15, -0.1) is 11.8 Å². The highest BCUT2D eigenvalue weighted by Gasteiger charge is 2.27. The van der Waals surface area contributed by atoms with Crippen molar-refractivity contribution in [3.05, 3.63) is 93.7 Å². The molecule has 1 aromatic heterocycles. The third-order valence-electron chi connectivity index (χ3n) is 8.82. The maximum absolute atomic E-state index is 13.2. The average molecular weight is 783 g/mol. The number of morpholine rings is 1. The van der Waals surface area contributed by atoms with E-state index in [0.29, 0.717) is 72.1 Å². The highest BCUT2D eigenvalue weighted by atomic mass is 35.5. The number of hydrogen-bond donors (Lipinski definition) is 1. The zero-order chi connectivity index (χ0) is 37.2. The third kappa shape index (κ3) is 10.2. The zero-order valence-electron chi connectivity index (χ0n) is 29.4. The van der Waals surface area contributed by atoms with Crippen molar-refractivity contribution >= 4 is 58.6 Å². The fraction of sp³-hybridized carbons (Fsp3) is 0.368. The monoisotopic (exact) mass is 781 g/mol. The summed E-state index contributed by atoms with van der Waals surface area (Å²) in [5.74, 6) is 0.679. The topological polar surface area (TPSA) is 124 Å². The first kappa shape index (κ1) is 38.5. The zero-order valence-corrected chi connectivity index (χ0v) is 31.7. The Bertz CT molecular complexity index is 1920. The summed E-state index contributed by atoms with van der Waals surface area (Å²) in [4.78, 5) is 43.0. The van der Waals surface area contributed by atoms with Gasteiger partial charge in [0.15, 0.2) is 0 Å². The molecule has 2 amide bonds. The number of anilines is 1. The minimum Gasteiger partial charge on any atom is -0.490 e. The summed E-state index contributed by atoms with van der Waals surface area (Å²) < 4.78 is 23.8. The van der Waals surface area contributed by atoms with Crippen LogP contribution in [0.1, 0.15) is 27.9 Å². The molecule has 280 valence electrons. The first-order chi connectivity index (χ1) is 25.8. The van der Waals surface area contributed by atoms with E-state index >= 15 is 0 Å². The molecule has 0 atom stereocenters. The predicted molar refractivity (Wildman–Crippen MR) is 204 cm³/mol. The quantitative estimate of drug-likeness (QED) is 0.115. The number of aromatic nitrogens is 2. The summed E-state index contributed by atoms with van der Waals surface area (Å²) in [5.41, 5.74) is 4.55. The van der Waals surface area contributed by atoms with Crippen LogP contribution in [-0.4, -0.2) is 104 Å². The molecule has 2 aliphatic rings. The number of benzene rings is 3. The van der Waals surface area contributed by atoms with Gasteiger partial charge in [0.2, 0.25) is 0 Å². The molecule has 53 heavy (non-hydrogen) atoms. The van der Waals surface area contributed by atoms with E-state index in [2.05, 4.69) is 15.3 Å². The molecule has 3 heterocycles. The standard InChI is InChI=1S/C38H41Cl2N5O7S/c1-26-31(39)5-3-7-34(26)50-19-20-52-38(48)45-15-21-53-36-30(4-2-6-33(36)45)29-23-42-44(25-29)24-28-22-27(8-9-32(28)40)37(47)41-11-10-35(46)51-18-14-43-12-16-49-17-13-43/h2-9,22-23,25H,10-21,24H2,1H3,(H,41,47). The van der Waals surface area contributed by atoms with E-state index < -0.39 is 6.09 Å². The van der Waals surface area contributed by atoms with Gasteiger partial charge in [-0.2, -0.15) is 5.10 Å². The smallest absolute Gasteiger partial charge is 0.414 e. The van der Waals surface area contributed by atoms with Crippen LogP contribution in [0.25, 0.3) is 11.1 Å². The van der Waals surface area contributed by atoms with Crippen LogP contribution >= 0.6 is 35.0 Å². The van der Waals surface area contributed by atoms with Gasteiger partial charge in [0.05, 0.1) is 38.1 Å². The number of hydrogen-bond acceptors (Lipinski definition) is 10. The van der Waals surface area contributed by atoms with E-state index in [1.54, 1.807) is 51.8 Å². The molecule has 0 bridgehead atoms. The van der Waals surface area contributed by atoms with Crippen molar-refractivity contribution in [3.8, 4) is 16.9 Å². The summed E-state index contributed by atoms with van der Waals surface area (Å²) in [6.07, 6.45) is 3.32. The van der Waals surface area contributed by atoms with Gasteiger partial charge in [-0.25, -0.2) is 4.79 Å². The highest BCUT2D eigenvalue weighted by molar-refractivity contribution is 7.99. The van der Waals surface area contributed by atoms with E-state index in [-0.39, 0.29) is 38.1 Å². The number of carbonyl (C=O) groups excluding carboxylic acids is 3. The van der Waals surface area contributed by atoms with E-state index in [1.165, 1.54) is 0 Å². The number of nitrogens with one attached hydrogen (secondary N) is 1. The van der Waals surface area contributed by atoms with Gasteiger partial charge in [-0.3, -0.25) is 24.1 Å². The van der Waals surface area contributed by atoms with Crippen LogP contribution in [-0.2, 0) is 25.5 Å². The summed E-state index contributed by atoms with van der Waals surface area (Å²) in [7, 11) is 0. The fourth-order valence-electron chi connectivity index (χ4n) is 5.93. The Labute approximate surface area is 322 Å². The maximum Gasteiger partial charge on any atom is 0.414 e. The SMILES string of the molecule is Cc1c(Cl)cccc1OCCOC(=O)N1CCSc2c(-c3cnn(Cc4cc(C(=O)NCCC(=O)OCCN5CCOCC5)ccc4Cl)c3)cccc21. The molecule has 0 unspecified atom stereocenters. The predicted octanol–water partition coefficient (Wildman–Crippen LogP) is 6.34. The Morgan fingerprint density at radius 1 is 0.962 bits per heavy atom. The lowest BCUT2D eigenvalue weighted by Crippen LogP contribution is -2.38. The van der Waals surface area contributed by atoms with Crippen LogP contribution in [0, 0.1) is 6.92 Å². The van der Waals surface area contributed by atoms with Crippen LogP contribution < -0.4 is 15.0 Å². The fourth-order valence-corrected chi connectivity index (χ4v) is 7.42. The molecule has 1 fully saturated rings. The molecule has 0 saturated carbocycles. The van der Waals surface area contributed by atoms with E-state index in [4.69, 9.17) is 42.1 Å². The van der Waals surface area contributed by atoms with Crippen molar-refractivity contribution in [2.24, 2.45) is 0 Å². The summed E-state index contributed by atoms with van der Waals surface area (Å²) in [6.45, 7) is 7.17. The van der Waals surface area contributed by atoms with Gasteiger partial charge < -0.3 is 24.3 Å². The van der Waals surface area contributed by atoms with Crippen molar-refractivity contribution in [3.63, 3.8) is 0 Å². The molecule has 1 N–H and O–H groups in total. The normalized spacial score (nSPS) is 14.4. The van der Waals surface area contributed by atoms with Crippen LogP contribution in [0.4, 0.5) is 10.5 Å². The first-order valence-corrected chi connectivity index (χ1v) is 19.1. The van der Waals surface area contributed by atoms with Crippen molar-refractivity contribution in [1.82, 2.24) is 20.0 Å². The second-order valence-corrected chi connectivity index (χ2v) is 14.3. The number of carbonyl (C=O) groups is 3. The Morgan fingerprint density at radius 2 is 1.79 bits per heavy atom. The Hall–Kier alpha value is -4.27. The maximum atomic E-state index is 13.2. The summed E-state index contributed by atoms with van der Waals surface area (Å²) in [5, 5.41) is 8.48. The molecule has 15 heteroatoms. The van der Waals surface area contributed by atoms with Gasteiger partial charge in [0.1, 0.15) is 25.6 Å². The molecule has 3 aromatic carbocycles. The number of thioether (sulfide) groups is 1. The van der Waals surface area contributed by atoms with Crippen LogP contribution in [0.15, 0.2) is 71.9 Å². The summed E-state index contributed by atoms with van der Waals surface area (Å²) in [6, 6.07) is 16.3. The van der Waals surface area contributed by atoms with E-state index in [1.807, 2.05) is 43.5 Å². The van der Waals surface area contributed by atoms with Crippen LogP contribution in [0.3, 0.4) is 0 Å². The molecule has 6 rings (SSSR count). The molecular weight excluding hydrogens is 741 g/mol. The number of nitrogens with zero attached hydrogens (tertiary/aromatic N) is 4. The lowest BCUT2D eigenvalue weighted by Gasteiger charge is -2.29. The van der Waals surface area contributed by atoms with E-state index in [0.717, 1.165) is 40.4 Å². The molecule has 0 spiro atoms. The van der Waals surface area contributed by atoms with Crippen LogP contribution in [0.2, 0.25) is 10.0 Å². The third-order valence-corrected chi connectivity index (χ3v) is 10.7. The molecule has 0 radical (unpaired) electrons. The molecule has 2 aliphatic heterocycles. The van der Waals surface area contributed by atoms with E-state index in [9.17, 15) is 14.4 Å². The Balaban J connectivity index is 1.02. The Kier molecular flexibility index (Phi) is 13.5. The number of halogens is 2. The Morgan fingerprint density at radius 3 is 2.64 bits per heavy atom. The number of amides is 2. The van der Waals surface area contributed by atoms with Gasteiger partial charge in [-0.1, -0.05) is 41.4 Å². The molecular formula is C38H41Cl2N5O7S.